The molecule has 0 aliphatic rings. The fourth-order valence-electron chi connectivity index (χ4n) is 2.49. The molecule has 128 valence electrons. The second-order valence-electron chi connectivity index (χ2n) is 5.73. The lowest BCUT2D eigenvalue weighted by molar-refractivity contribution is 0.253. The smallest absolute Gasteiger partial charge is 0.320 e. The van der Waals surface area contributed by atoms with Crippen molar-refractivity contribution in [2.24, 2.45) is 0 Å². The van der Waals surface area contributed by atoms with Crippen LogP contribution in [0.2, 0.25) is 0 Å². The Morgan fingerprint density at radius 3 is 2.36 bits per heavy atom. The Labute approximate surface area is 146 Å². The average Bonchev–Trinajstić information content (AvgIpc) is 2.61. The van der Waals surface area contributed by atoms with E-state index in [1.54, 1.807) is 18.2 Å². The van der Waals surface area contributed by atoms with Gasteiger partial charge in [-0.2, -0.15) is 0 Å². The predicted octanol–water partition coefficient (Wildman–Crippen LogP) is 3.70. The number of amides is 2. The van der Waals surface area contributed by atoms with Crippen molar-refractivity contribution in [3.8, 4) is 0 Å². The number of hydrogen-bond acceptors (Lipinski definition) is 3. The number of rotatable bonds is 4. The molecule has 0 heterocycles. The second-order valence-corrected chi connectivity index (χ2v) is 7.72. The Morgan fingerprint density at radius 1 is 0.920 bits per heavy atom. The highest BCUT2D eigenvalue weighted by atomic mass is 32.2. The summed E-state index contributed by atoms with van der Waals surface area (Å²) in [6.07, 6.45) is 0. The summed E-state index contributed by atoms with van der Waals surface area (Å²) < 4.78 is 24.5. The molecule has 0 radical (unpaired) electrons. The Morgan fingerprint density at radius 2 is 1.60 bits per heavy atom. The third-order valence-corrected chi connectivity index (χ3v) is 5.36. The normalized spacial score (nSPS) is 11.2. The fourth-order valence-corrected chi connectivity index (χ4v) is 3.53. The van der Waals surface area contributed by atoms with Crippen LogP contribution in [-0.4, -0.2) is 20.3 Å². The van der Waals surface area contributed by atoms with Gasteiger partial charge in [-0.15, -0.1) is 0 Å². The van der Waals surface area contributed by atoms with Crippen LogP contribution in [0.15, 0.2) is 71.6 Å². The molecule has 2 amide bonds. The van der Waals surface area contributed by atoms with Crippen LogP contribution < -0.4 is 10.6 Å². The monoisotopic (exact) mass is 354 g/mol. The van der Waals surface area contributed by atoms with E-state index in [1.807, 2.05) is 43.3 Å². The van der Waals surface area contributed by atoms with Crippen molar-refractivity contribution < 1.29 is 13.2 Å². The van der Waals surface area contributed by atoms with Crippen molar-refractivity contribution in [2.45, 2.75) is 11.8 Å². The molecule has 3 aromatic carbocycles. The summed E-state index contributed by atoms with van der Waals surface area (Å²) in [5.74, 6) is -0.466. The Kier molecular flexibility index (Phi) is 4.72. The van der Waals surface area contributed by atoms with E-state index in [1.165, 1.54) is 12.1 Å². The predicted molar refractivity (Wildman–Crippen MR) is 99.3 cm³/mol. The Balaban J connectivity index is 1.69. The topological polar surface area (TPSA) is 75.3 Å². The summed E-state index contributed by atoms with van der Waals surface area (Å²) in [6.45, 7) is 1.88. The maximum atomic E-state index is 12.3. The van der Waals surface area contributed by atoms with Crippen LogP contribution in [0.25, 0.3) is 10.8 Å². The first kappa shape index (κ1) is 17.0. The largest absolute Gasteiger partial charge is 0.323 e. The zero-order chi connectivity index (χ0) is 17.9. The number of aryl methyl sites for hydroxylation is 1. The molecule has 2 N–H and O–H groups in total. The van der Waals surface area contributed by atoms with Crippen molar-refractivity contribution in [2.75, 3.05) is 11.2 Å². The Bertz CT molecular complexity index is 1010. The van der Waals surface area contributed by atoms with Crippen molar-refractivity contribution in [3.63, 3.8) is 0 Å². The first-order chi connectivity index (χ1) is 12.0. The van der Waals surface area contributed by atoms with Gasteiger partial charge >= 0.3 is 6.03 Å². The quantitative estimate of drug-likeness (QED) is 0.750. The minimum absolute atomic E-state index is 0.184. The zero-order valence-electron chi connectivity index (χ0n) is 13.7. The second kappa shape index (κ2) is 6.94. The number of carbonyl (C=O) groups is 1. The van der Waals surface area contributed by atoms with Crippen molar-refractivity contribution in [3.05, 3.63) is 72.3 Å². The maximum Gasteiger partial charge on any atom is 0.320 e. The number of anilines is 1. The van der Waals surface area contributed by atoms with Crippen LogP contribution >= 0.6 is 0 Å². The molecule has 0 aliphatic carbocycles. The van der Waals surface area contributed by atoms with Gasteiger partial charge in [-0.1, -0.05) is 54.1 Å². The minimum atomic E-state index is -3.58. The molecular formula is C19H18N2O3S. The molecule has 0 bridgehead atoms. The van der Waals surface area contributed by atoms with Gasteiger partial charge in [0.15, 0.2) is 9.84 Å². The fraction of sp³-hybridized carbons (Fsp3) is 0.105. The number of urea groups is 1. The SMILES string of the molecule is Cc1ccc(S(=O)(=O)CNC(=O)Nc2cccc3ccccc23)cc1. The average molecular weight is 354 g/mol. The molecule has 25 heavy (non-hydrogen) atoms. The van der Waals surface area contributed by atoms with Gasteiger partial charge in [0.2, 0.25) is 0 Å². The summed E-state index contributed by atoms with van der Waals surface area (Å²) in [7, 11) is -3.58. The van der Waals surface area contributed by atoms with E-state index in [9.17, 15) is 13.2 Å². The van der Waals surface area contributed by atoms with E-state index in [4.69, 9.17) is 0 Å². The first-order valence-electron chi connectivity index (χ1n) is 7.78. The van der Waals surface area contributed by atoms with E-state index in [0.29, 0.717) is 5.69 Å². The maximum absolute atomic E-state index is 12.3. The third kappa shape index (κ3) is 3.97. The van der Waals surface area contributed by atoms with Crippen molar-refractivity contribution >= 4 is 32.3 Å². The van der Waals surface area contributed by atoms with Crippen molar-refractivity contribution in [1.82, 2.24) is 5.32 Å². The number of hydrogen-bond donors (Lipinski definition) is 2. The molecule has 0 aromatic heterocycles. The van der Waals surface area contributed by atoms with Crippen LogP contribution in [0.5, 0.6) is 0 Å². The van der Waals surface area contributed by atoms with Gasteiger partial charge in [-0.25, -0.2) is 13.2 Å². The minimum Gasteiger partial charge on any atom is -0.323 e. The van der Waals surface area contributed by atoms with E-state index in [2.05, 4.69) is 10.6 Å². The van der Waals surface area contributed by atoms with E-state index < -0.39 is 21.7 Å². The summed E-state index contributed by atoms with van der Waals surface area (Å²) in [5, 5.41) is 7.00. The van der Waals surface area contributed by atoms with Gasteiger partial charge in [0.1, 0.15) is 5.88 Å². The summed E-state index contributed by atoms with van der Waals surface area (Å²) in [6, 6.07) is 19.2. The van der Waals surface area contributed by atoms with E-state index in [-0.39, 0.29) is 4.90 Å². The lowest BCUT2D eigenvalue weighted by atomic mass is 10.1. The molecule has 0 aliphatic heterocycles. The van der Waals surface area contributed by atoms with Gasteiger partial charge < -0.3 is 10.6 Å². The van der Waals surface area contributed by atoms with Crippen LogP contribution in [0.1, 0.15) is 5.56 Å². The third-order valence-electron chi connectivity index (χ3n) is 3.84. The summed E-state index contributed by atoms with van der Waals surface area (Å²) >= 11 is 0. The number of fused-ring (bicyclic) bond motifs is 1. The highest BCUT2D eigenvalue weighted by molar-refractivity contribution is 7.91. The van der Waals surface area contributed by atoms with E-state index >= 15 is 0 Å². The molecule has 0 spiro atoms. The summed E-state index contributed by atoms with van der Waals surface area (Å²) in [5.41, 5.74) is 1.60. The van der Waals surface area contributed by atoms with Crippen molar-refractivity contribution in [1.29, 1.82) is 0 Å². The van der Waals surface area contributed by atoms with Crippen LogP contribution in [0.3, 0.4) is 0 Å². The summed E-state index contributed by atoms with van der Waals surface area (Å²) in [4.78, 5) is 12.3. The molecule has 0 saturated carbocycles. The van der Waals surface area contributed by atoms with Crippen LogP contribution in [0, 0.1) is 6.92 Å². The molecular weight excluding hydrogens is 336 g/mol. The molecule has 3 rings (SSSR count). The highest BCUT2D eigenvalue weighted by Gasteiger charge is 2.15. The highest BCUT2D eigenvalue weighted by Crippen LogP contribution is 2.22. The number of sulfone groups is 1. The van der Waals surface area contributed by atoms with Gasteiger partial charge in [0.25, 0.3) is 0 Å². The number of nitrogens with one attached hydrogen (secondary N) is 2. The number of carbonyl (C=O) groups excluding carboxylic acids is 1. The Hall–Kier alpha value is -2.86. The van der Waals surface area contributed by atoms with E-state index in [0.717, 1.165) is 16.3 Å². The number of benzene rings is 3. The van der Waals surface area contributed by atoms with Gasteiger partial charge in [-0.05, 0) is 30.5 Å². The van der Waals surface area contributed by atoms with Gasteiger partial charge in [0.05, 0.1) is 10.6 Å². The molecule has 0 unspecified atom stereocenters. The van der Waals surface area contributed by atoms with Gasteiger partial charge in [-0.3, -0.25) is 0 Å². The standard InChI is InChI=1S/C19H18N2O3S/c1-14-9-11-16(12-10-14)25(23,24)13-20-19(22)21-18-8-4-6-15-5-2-3-7-17(15)18/h2-12H,13H2,1H3,(H2,20,21,22). The van der Waals surface area contributed by atoms with Crippen LogP contribution in [0.4, 0.5) is 10.5 Å². The molecule has 6 heteroatoms. The van der Waals surface area contributed by atoms with Gasteiger partial charge in [0, 0.05) is 5.39 Å². The molecule has 5 nitrogen and oxygen atoms in total. The lowest BCUT2D eigenvalue weighted by Crippen LogP contribution is -2.33. The molecule has 0 fully saturated rings. The lowest BCUT2D eigenvalue weighted by Gasteiger charge is -2.11. The molecule has 0 atom stereocenters. The van der Waals surface area contributed by atoms with Crippen LogP contribution in [-0.2, 0) is 9.84 Å². The first-order valence-corrected chi connectivity index (χ1v) is 9.43. The molecule has 3 aromatic rings. The zero-order valence-corrected chi connectivity index (χ0v) is 14.5. The molecule has 0 saturated heterocycles.